The van der Waals surface area contributed by atoms with E-state index in [-0.39, 0.29) is 5.97 Å². The van der Waals surface area contributed by atoms with Crippen LogP contribution in [0.25, 0.3) is 11.3 Å². The Morgan fingerprint density at radius 3 is 2.75 bits per heavy atom. The second-order valence-electron chi connectivity index (χ2n) is 4.93. The van der Waals surface area contributed by atoms with E-state index in [0.717, 1.165) is 30.5 Å². The van der Waals surface area contributed by atoms with Gasteiger partial charge in [0.1, 0.15) is 11.2 Å². The summed E-state index contributed by atoms with van der Waals surface area (Å²) in [6.45, 7) is 0. The number of nitrogens with zero attached hydrogens (tertiary/aromatic N) is 3. The topological polar surface area (TPSA) is 65.0 Å². The van der Waals surface area contributed by atoms with Crippen molar-refractivity contribution in [3.63, 3.8) is 0 Å². The van der Waals surface area contributed by atoms with Gasteiger partial charge in [-0.2, -0.15) is 0 Å². The van der Waals surface area contributed by atoms with E-state index in [4.69, 9.17) is 4.74 Å². The zero-order valence-corrected chi connectivity index (χ0v) is 11.2. The molecule has 1 aliphatic rings. The number of hydrogen-bond donors (Lipinski definition) is 0. The van der Waals surface area contributed by atoms with Gasteiger partial charge < -0.3 is 4.74 Å². The maximum atomic E-state index is 12.0. The van der Waals surface area contributed by atoms with E-state index >= 15 is 0 Å². The third-order valence-corrected chi connectivity index (χ3v) is 3.82. The fraction of sp³-hybridized carbons (Fsp3) is 0.333. The molecule has 0 saturated heterocycles. The van der Waals surface area contributed by atoms with E-state index in [1.165, 1.54) is 7.11 Å². The Kier molecular flexibility index (Phi) is 3.18. The van der Waals surface area contributed by atoms with E-state index in [9.17, 15) is 4.79 Å². The molecule has 1 fully saturated rings. The molecule has 0 spiro atoms. The summed E-state index contributed by atoms with van der Waals surface area (Å²) in [6, 6.07) is 5.62. The Bertz CT molecular complexity index is 624. The lowest BCUT2D eigenvalue weighted by atomic mass is 9.68. The van der Waals surface area contributed by atoms with Gasteiger partial charge in [-0.05, 0) is 31.0 Å². The Balaban J connectivity index is 2.01. The van der Waals surface area contributed by atoms with Crippen LogP contribution in [0.5, 0.6) is 0 Å². The second-order valence-corrected chi connectivity index (χ2v) is 4.93. The predicted octanol–water partition coefficient (Wildman–Crippen LogP) is 2.13. The zero-order chi connectivity index (χ0) is 14.0. The molecule has 0 N–H and O–H groups in total. The highest BCUT2D eigenvalue weighted by Gasteiger charge is 2.49. The third-order valence-electron chi connectivity index (χ3n) is 3.82. The Morgan fingerprint density at radius 2 is 2.15 bits per heavy atom. The molecule has 0 bridgehead atoms. The van der Waals surface area contributed by atoms with Gasteiger partial charge in [0.15, 0.2) is 0 Å². The number of carbonyl (C=O) groups is 1. The van der Waals surface area contributed by atoms with Gasteiger partial charge in [-0.1, -0.05) is 6.42 Å². The van der Waals surface area contributed by atoms with Gasteiger partial charge in [-0.15, -0.1) is 0 Å². The van der Waals surface area contributed by atoms with E-state index in [0.29, 0.717) is 5.82 Å². The maximum absolute atomic E-state index is 12.0. The van der Waals surface area contributed by atoms with Crippen molar-refractivity contribution in [2.24, 2.45) is 0 Å². The van der Waals surface area contributed by atoms with Crippen molar-refractivity contribution < 1.29 is 9.53 Å². The lowest BCUT2D eigenvalue weighted by Gasteiger charge is -2.37. The van der Waals surface area contributed by atoms with Gasteiger partial charge in [0, 0.05) is 24.2 Å². The number of hydrogen-bond acceptors (Lipinski definition) is 5. The van der Waals surface area contributed by atoms with Crippen LogP contribution in [0.2, 0.25) is 0 Å². The maximum Gasteiger partial charge on any atom is 0.319 e. The van der Waals surface area contributed by atoms with E-state index < -0.39 is 5.41 Å². The molecule has 0 amide bonds. The Morgan fingerprint density at radius 1 is 1.30 bits per heavy atom. The summed E-state index contributed by atoms with van der Waals surface area (Å²) < 4.78 is 4.93. The summed E-state index contributed by atoms with van der Waals surface area (Å²) in [5.41, 5.74) is 1.03. The number of ether oxygens (including phenoxy) is 1. The molecule has 1 aliphatic carbocycles. The fourth-order valence-electron chi connectivity index (χ4n) is 2.51. The fourth-order valence-corrected chi connectivity index (χ4v) is 2.51. The SMILES string of the molecule is COC(=O)C1(c2nccc(-c3cccnc3)n2)CCC1. The summed E-state index contributed by atoms with van der Waals surface area (Å²) in [4.78, 5) is 25.0. The van der Waals surface area contributed by atoms with Gasteiger partial charge in [0.2, 0.25) is 0 Å². The third kappa shape index (κ3) is 1.95. The van der Waals surface area contributed by atoms with E-state index in [1.54, 1.807) is 18.6 Å². The molecule has 0 unspecified atom stereocenters. The number of rotatable bonds is 3. The summed E-state index contributed by atoms with van der Waals surface area (Å²) in [5, 5.41) is 0. The van der Waals surface area contributed by atoms with Crippen molar-refractivity contribution in [1.29, 1.82) is 0 Å². The zero-order valence-electron chi connectivity index (χ0n) is 11.2. The van der Waals surface area contributed by atoms with Crippen molar-refractivity contribution in [3.8, 4) is 11.3 Å². The van der Waals surface area contributed by atoms with Gasteiger partial charge in [-0.3, -0.25) is 9.78 Å². The van der Waals surface area contributed by atoms with Crippen molar-refractivity contribution in [2.75, 3.05) is 7.11 Å². The van der Waals surface area contributed by atoms with Gasteiger partial charge in [0.25, 0.3) is 0 Å². The van der Waals surface area contributed by atoms with Crippen LogP contribution in [0.15, 0.2) is 36.8 Å². The average Bonchev–Trinajstić information content (AvgIpc) is 2.47. The predicted molar refractivity (Wildman–Crippen MR) is 72.8 cm³/mol. The van der Waals surface area contributed by atoms with Crippen molar-refractivity contribution >= 4 is 5.97 Å². The standard InChI is InChI=1S/C15H15N3O2/c1-20-14(19)15(6-3-7-15)13-17-9-5-12(18-13)11-4-2-8-16-10-11/h2,4-5,8-10H,3,6-7H2,1H3. The molecule has 3 rings (SSSR count). The molecule has 1 saturated carbocycles. The van der Waals surface area contributed by atoms with Crippen LogP contribution in [0, 0.1) is 0 Å². The van der Waals surface area contributed by atoms with E-state index in [2.05, 4.69) is 15.0 Å². The summed E-state index contributed by atoms with van der Waals surface area (Å²) >= 11 is 0. The summed E-state index contributed by atoms with van der Waals surface area (Å²) in [7, 11) is 1.41. The minimum atomic E-state index is -0.660. The van der Waals surface area contributed by atoms with Crippen molar-refractivity contribution in [2.45, 2.75) is 24.7 Å². The van der Waals surface area contributed by atoms with Crippen LogP contribution in [-0.2, 0) is 14.9 Å². The monoisotopic (exact) mass is 269 g/mol. The first kappa shape index (κ1) is 12.7. The molecule has 0 atom stereocenters. The molecule has 5 nitrogen and oxygen atoms in total. The number of aromatic nitrogens is 3. The quantitative estimate of drug-likeness (QED) is 0.799. The lowest BCUT2D eigenvalue weighted by molar-refractivity contribution is -0.151. The molecule has 2 aromatic rings. The van der Waals surface area contributed by atoms with Crippen LogP contribution in [0.3, 0.4) is 0 Å². The average molecular weight is 269 g/mol. The summed E-state index contributed by atoms with van der Waals surface area (Å²) in [6.07, 6.45) is 7.64. The van der Waals surface area contributed by atoms with Crippen molar-refractivity contribution in [1.82, 2.24) is 15.0 Å². The first-order chi connectivity index (χ1) is 9.76. The lowest BCUT2D eigenvalue weighted by Crippen LogP contribution is -2.44. The number of carbonyl (C=O) groups excluding carboxylic acids is 1. The molecule has 0 radical (unpaired) electrons. The molecular formula is C15H15N3O2. The molecule has 5 heteroatoms. The molecule has 0 aliphatic heterocycles. The highest BCUT2D eigenvalue weighted by Crippen LogP contribution is 2.43. The van der Waals surface area contributed by atoms with E-state index in [1.807, 2.05) is 18.2 Å². The first-order valence-electron chi connectivity index (χ1n) is 6.59. The minimum Gasteiger partial charge on any atom is -0.468 e. The Labute approximate surface area is 117 Å². The second kappa shape index (κ2) is 5.00. The number of esters is 1. The van der Waals surface area contributed by atoms with Crippen LogP contribution in [0.4, 0.5) is 0 Å². The molecule has 2 aromatic heterocycles. The number of pyridine rings is 1. The van der Waals surface area contributed by atoms with Crippen LogP contribution >= 0.6 is 0 Å². The first-order valence-corrected chi connectivity index (χ1v) is 6.59. The summed E-state index contributed by atoms with van der Waals surface area (Å²) in [5.74, 6) is 0.309. The molecule has 0 aromatic carbocycles. The highest BCUT2D eigenvalue weighted by atomic mass is 16.5. The van der Waals surface area contributed by atoms with Gasteiger partial charge in [-0.25, -0.2) is 9.97 Å². The number of methoxy groups -OCH3 is 1. The largest absolute Gasteiger partial charge is 0.468 e. The normalized spacial score (nSPS) is 16.2. The Hall–Kier alpha value is -2.30. The minimum absolute atomic E-state index is 0.243. The van der Waals surface area contributed by atoms with Crippen LogP contribution in [-0.4, -0.2) is 28.0 Å². The molecular weight excluding hydrogens is 254 g/mol. The molecule has 2 heterocycles. The smallest absolute Gasteiger partial charge is 0.319 e. The van der Waals surface area contributed by atoms with Crippen LogP contribution in [0.1, 0.15) is 25.1 Å². The van der Waals surface area contributed by atoms with Crippen LogP contribution < -0.4 is 0 Å². The molecule has 20 heavy (non-hydrogen) atoms. The van der Waals surface area contributed by atoms with Gasteiger partial charge in [0.05, 0.1) is 12.8 Å². The highest BCUT2D eigenvalue weighted by molar-refractivity contribution is 5.83. The molecule has 102 valence electrons. The van der Waals surface area contributed by atoms with Gasteiger partial charge >= 0.3 is 5.97 Å². The van der Waals surface area contributed by atoms with Crippen molar-refractivity contribution in [3.05, 3.63) is 42.6 Å².